The zero-order valence-electron chi connectivity index (χ0n) is 14.8. The normalized spacial score (nSPS) is 16.4. The summed E-state index contributed by atoms with van der Waals surface area (Å²) >= 11 is 0. The third-order valence-corrected chi connectivity index (χ3v) is 3.85. The van der Waals surface area contributed by atoms with Crippen molar-refractivity contribution in [2.24, 2.45) is 0 Å². The molecular formula is C19H19F2N3O3. The van der Waals surface area contributed by atoms with Gasteiger partial charge in [-0.15, -0.1) is 0 Å². The van der Waals surface area contributed by atoms with Gasteiger partial charge in [-0.2, -0.15) is 8.78 Å². The van der Waals surface area contributed by atoms with Crippen LogP contribution in [-0.2, 0) is 4.79 Å². The molecule has 2 amide bonds. The molecule has 1 aliphatic rings. The number of fused-ring (bicyclic) bond motifs is 1. The lowest BCUT2D eigenvalue weighted by Gasteiger charge is -2.17. The highest BCUT2D eigenvalue weighted by molar-refractivity contribution is 6.11. The van der Waals surface area contributed by atoms with Gasteiger partial charge in [0.05, 0.1) is 16.9 Å². The van der Waals surface area contributed by atoms with E-state index in [0.29, 0.717) is 29.5 Å². The molecule has 0 saturated carbocycles. The van der Waals surface area contributed by atoms with Gasteiger partial charge < -0.3 is 20.7 Å². The number of carbonyl (C=O) groups excluding carboxylic acids is 2. The van der Waals surface area contributed by atoms with Crippen LogP contribution in [0.3, 0.4) is 0 Å². The number of nitrogens with one attached hydrogen (secondary N) is 3. The number of rotatable bonds is 4. The molecule has 142 valence electrons. The van der Waals surface area contributed by atoms with Gasteiger partial charge in [0.2, 0.25) is 5.91 Å². The Balaban J connectivity index is 1.85. The highest BCUT2D eigenvalue weighted by Crippen LogP contribution is 2.31. The zero-order valence-corrected chi connectivity index (χ0v) is 14.8. The Kier molecular flexibility index (Phi) is 4.98. The third-order valence-electron chi connectivity index (χ3n) is 3.85. The highest BCUT2D eigenvalue weighted by Gasteiger charge is 2.24. The molecule has 3 N–H and O–H groups in total. The lowest BCUT2D eigenvalue weighted by Crippen LogP contribution is -2.20. The van der Waals surface area contributed by atoms with Crippen molar-refractivity contribution in [2.75, 3.05) is 16.0 Å². The van der Waals surface area contributed by atoms with Crippen LogP contribution < -0.4 is 20.7 Å². The fourth-order valence-corrected chi connectivity index (χ4v) is 2.82. The zero-order chi connectivity index (χ0) is 19.6. The van der Waals surface area contributed by atoms with Gasteiger partial charge in [-0.05, 0) is 31.2 Å². The fourth-order valence-electron chi connectivity index (χ4n) is 2.82. The molecule has 1 heterocycles. The minimum absolute atomic E-state index is 0.0637. The van der Waals surface area contributed by atoms with E-state index in [4.69, 9.17) is 0 Å². The topological polar surface area (TPSA) is 79.5 Å². The lowest BCUT2D eigenvalue weighted by molar-refractivity contribution is -0.158. The van der Waals surface area contributed by atoms with Crippen LogP contribution in [0.25, 0.3) is 0 Å². The molecular weight excluding hydrogens is 356 g/mol. The van der Waals surface area contributed by atoms with Gasteiger partial charge in [0, 0.05) is 31.1 Å². The van der Waals surface area contributed by atoms with Crippen LogP contribution in [0.5, 0.6) is 5.75 Å². The van der Waals surface area contributed by atoms with E-state index < -0.39 is 12.0 Å². The van der Waals surface area contributed by atoms with Crippen LogP contribution in [0.1, 0.15) is 30.6 Å². The van der Waals surface area contributed by atoms with Crippen LogP contribution in [0.4, 0.5) is 25.8 Å². The minimum atomic E-state index is -3.32. The quantitative estimate of drug-likeness (QED) is 0.753. The maximum absolute atomic E-state index is 13.0. The van der Waals surface area contributed by atoms with Crippen molar-refractivity contribution in [2.45, 2.75) is 32.4 Å². The van der Waals surface area contributed by atoms with Crippen molar-refractivity contribution in [3.63, 3.8) is 0 Å². The largest absolute Gasteiger partial charge is 0.433 e. The Hall–Kier alpha value is -3.16. The highest BCUT2D eigenvalue weighted by atomic mass is 19.3. The number of halogens is 2. The molecule has 0 aromatic heterocycles. The van der Waals surface area contributed by atoms with Crippen LogP contribution in [-0.4, -0.2) is 24.0 Å². The number of ether oxygens (including phenoxy) is 1. The maximum atomic E-state index is 13.0. The molecule has 0 radical (unpaired) electrons. The van der Waals surface area contributed by atoms with E-state index in [1.54, 1.807) is 24.3 Å². The summed E-state index contributed by atoms with van der Waals surface area (Å²) in [4.78, 5) is 24.6. The summed E-state index contributed by atoms with van der Waals surface area (Å²) in [6.45, 7) is 2.48. The van der Waals surface area contributed by atoms with Crippen LogP contribution in [0.2, 0.25) is 0 Å². The van der Waals surface area contributed by atoms with Crippen molar-refractivity contribution in [1.82, 2.24) is 0 Å². The number of anilines is 3. The summed E-state index contributed by atoms with van der Waals surface area (Å²) in [7, 11) is 0. The van der Waals surface area contributed by atoms with Gasteiger partial charge in [-0.1, -0.05) is 12.1 Å². The number of para-hydroxylation sites is 1. The van der Waals surface area contributed by atoms with E-state index in [1.807, 2.05) is 6.92 Å². The molecule has 1 unspecified atom stereocenters. The molecule has 6 nitrogen and oxygen atoms in total. The molecule has 2 aromatic rings. The standard InChI is InChI=1S/C19H19F2N3O3/c1-11-9-16(25)24-15-8-4-7-14(17(15)22-11)18(26)23-12-5-3-6-13(10-12)27-19(2,20)21/h3-8,10-11,22H,9H2,1-2H3,(H,23,26)(H,24,25). The molecule has 0 aliphatic carbocycles. The summed E-state index contributed by atoms with van der Waals surface area (Å²) < 4.78 is 30.5. The van der Waals surface area contributed by atoms with E-state index >= 15 is 0 Å². The second-order valence-electron chi connectivity index (χ2n) is 6.42. The summed E-state index contributed by atoms with van der Waals surface area (Å²) in [6.07, 6.45) is -3.04. The van der Waals surface area contributed by atoms with Gasteiger partial charge in [0.1, 0.15) is 5.75 Å². The molecule has 8 heteroatoms. The Labute approximate surface area is 154 Å². The van der Waals surface area contributed by atoms with E-state index in [0.717, 1.165) is 0 Å². The van der Waals surface area contributed by atoms with Crippen molar-refractivity contribution >= 4 is 28.9 Å². The first kappa shape index (κ1) is 18.6. The van der Waals surface area contributed by atoms with Crippen molar-refractivity contribution in [1.29, 1.82) is 0 Å². The van der Waals surface area contributed by atoms with E-state index in [1.165, 1.54) is 18.2 Å². The lowest BCUT2D eigenvalue weighted by atomic mass is 10.1. The average Bonchev–Trinajstić information content (AvgIpc) is 2.69. The summed E-state index contributed by atoms with van der Waals surface area (Å²) in [6, 6.07) is 10.6. The molecule has 27 heavy (non-hydrogen) atoms. The van der Waals surface area contributed by atoms with Gasteiger partial charge in [-0.3, -0.25) is 9.59 Å². The molecule has 0 bridgehead atoms. The summed E-state index contributed by atoms with van der Waals surface area (Å²) in [5.41, 5.74) is 1.67. The first-order valence-electron chi connectivity index (χ1n) is 8.39. The number of hydrogen-bond donors (Lipinski definition) is 3. The molecule has 0 fully saturated rings. The van der Waals surface area contributed by atoms with Gasteiger partial charge in [0.25, 0.3) is 5.91 Å². The Bertz CT molecular complexity index is 881. The summed E-state index contributed by atoms with van der Waals surface area (Å²) in [5, 5.41) is 8.59. The minimum Gasteiger partial charge on any atom is -0.433 e. The SMILES string of the molecule is CC1CC(=O)Nc2cccc(C(=O)Nc3cccc(OC(C)(F)F)c3)c2N1. The predicted octanol–water partition coefficient (Wildman–Crippen LogP) is 4.07. The Morgan fingerprint density at radius 1 is 1.26 bits per heavy atom. The number of carbonyl (C=O) groups is 2. The van der Waals surface area contributed by atoms with E-state index in [9.17, 15) is 18.4 Å². The molecule has 1 atom stereocenters. The smallest absolute Gasteiger partial charge is 0.394 e. The maximum Gasteiger partial charge on any atom is 0.394 e. The molecule has 2 aromatic carbocycles. The molecule has 0 spiro atoms. The monoisotopic (exact) mass is 375 g/mol. The van der Waals surface area contributed by atoms with Crippen molar-refractivity contribution in [3.8, 4) is 5.75 Å². The van der Waals surface area contributed by atoms with Crippen LogP contribution in [0, 0.1) is 0 Å². The van der Waals surface area contributed by atoms with Gasteiger partial charge >= 0.3 is 6.11 Å². The number of hydrogen-bond acceptors (Lipinski definition) is 4. The second kappa shape index (κ2) is 7.22. The predicted molar refractivity (Wildman–Crippen MR) is 98.4 cm³/mol. The molecule has 3 rings (SSSR count). The third kappa shape index (κ3) is 4.72. The number of benzene rings is 2. The molecule has 1 aliphatic heterocycles. The second-order valence-corrected chi connectivity index (χ2v) is 6.42. The average molecular weight is 375 g/mol. The van der Waals surface area contributed by atoms with Crippen molar-refractivity contribution in [3.05, 3.63) is 48.0 Å². The Morgan fingerprint density at radius 2 is 2.00 bits per heavy atom. The Morgan fingerprint density at radius 3 is 2.74 bits per heavy atom. The summed E-state index contributed by atoms with van der Waals surface area (Å²) in [5.74, 6) is -0.647. The number of amides is 2. The first-order valence-corrected chi connectivity index (χ1v) is 8.39. The van der Waals surface area contributed by atoms with E-state index in [2.05, 4.69) is 20.7 Å². The van der Waals surface area contributed by atoms with E-state index in [-0.39, 0.29) is 24.1 Å². The van der Waals surface area contributed by atoms with Gasteiger partial charge in [-0.25, -0.2) is 0 Å². The van der Waals surface area contributed by atoms with Gasteiger partial charge in [0.15, 0.2) is 0 Å². The first-order chi connectivity index (χ1) is 12.7. The van der Waals surface area contributed by atoms with Crippen LogP contribution in [0.15, 0.2) is 42.5 Å². The molecule has 0 saturated heterocycles. The fraction of sp³-hybridized carbons (Fsp3) is 0.263. The number of alkyl halides is 2. The van der Waals surface area contributed by atoms with Crippen molar-refractivity contribution < 1.29 is 23.1 Å². The van der Waals surface area contributed by atoms with Crippen LogP contribution >= 0.6 is 0 Å².